The van der Waals surface area contributed by atoms with E-state index in [4.69, 9.17) is 5.73 Å². The van der Waals surface area contributed by atoms with E-state index in [1.54, 1.807) is 24.3 Å². The number of benzene rings is 1. The van der Waals surface area contributed by atoms with E-state index in [2.05, 4.69) is 26.6 Å². The number of hydrogen-bond donors (Lipinski definition) is 3. The zero-order valence-corrected chi connectivity index (χ0v) is 10.1. The van der Waals surface area contributed by atoms with E-state index in [0.717, 1.165) is 0 Å². The quantitative estimate of drug-likeness (QED) is 0.738. The molecule has 0 heterocycles. The summed E-state index contributed by atoms with van der Waals surface area (Å²) in [6.45, 7) is 0. The highest BCUT2D eigenvalue weighted by molar-refractivity contribution is 9.09. The smallest absolute Gasteiger partial charge is 0.316 e. The molecule has 4 N–H and O–H groups in total. The first kappa shape index (κ1) is 12.5. The summed E-state index contributed by atoms with van der Waals surface area (Å²) in [5.41, 5.74) is 6.23. The Hall–Kier alpha value is -1.56. The lowest BCUT2D eigenvalue weighted by Gasteiger charge is -2.05. The van der Waals surface area contributed by atoms with Gasteiger partial charge in [0.05, 0.1) is 0 Å². The number of anilines is 2. The minimum atomic E-state index is -0.615. The van der Waals surface area contributed by atoms with Gasteiger partial charge in [0.1, 0.15) is 0 Å². The first-order valence-corrected chi connectivity index (χ1v) is 5.76. The third-order valence-corrected chi connectivity index (χ3v) is 2.15. The van der Waals surface area contributed by atoms with Crippen molar-refractivity contribution in [2.24, 2.45) is 5.73 Å². The second-order valence-electron chi connectivity index (χ2n) is 3.05. The van der Waals surface area contributed by atoms with Gasteiger partial charge in [0.2, 0.25) is 5.91 Å². The zero-order valence-electron chi connectivity index (χ0n) is 8.50. The first-order chi connectivity index (χ1) is 7.61. The molecular formula is C10H12BrN3O2. The largest absolute Gasteiger partial charge is 0.351 e. The molecule has 0 aliphatic heterocycles. The van der Waals surface area contributed by atoms with Crippen LogP contribution < -0.4 is 16.4 Å². The van der Waals surface area contributed by atoms with Crippen molar-refractivity contribution < 1.29 is 9.59 Å². The summed E-state index contributed by atoms with van der Waals surface area (Å²) in [5, 5.41) is 5.76. The van der Waals surface area contributed by atoms with E-state index < -0.39 is 6.03 Å². The van der Waals surface area contributed by atoms with Crippen LogP contribution >= 0.6 is 15.9 Å². The second kappa shape index (κ2) is 6.12. The summed E-state index contributed by atoms with van der Waals surface area (Å²) in [6.07, 6.45) is 0.418. The predicted octanol–water partition coefficient (Wildman–Crippen LogP) is 1.90. The minimum Gasteiger partial charge on any atom is -0.351 e. The van der Waals surface area contributed by atoms with Gasteiger partial charge in [0.15, 0.2) is 0 Å². The standard InChI is InChI=1S/C10H12BrN3O2/c11-6-5-9(15)13-7-1-3-8(4-2-7)14-10(12)16/h1-4H,5-6H2,(H,13,15)(H3,12,14,16). The maximum Gasteiger partial charge on any atom is 0.316 e. The van der Waals surface area contributed by atoms with Crippen molar-refractivity contribution in [1.82, 2.24) is 0 Å². The molecule has 1 aromatic rings. The maximum absolute atomic E-state index is 11.2. The Kier molecular flexibility index (Phi) is 4.78. The van der Waals surface area contributed by atoms with Crippen LogP contribution in [0.1, 0.15) is 6.42 Å². The Morgan fingerprint density at radius 1 is 1.12 bits per heavy atom. The molecule has 3 amide bonds. The van der Waals surface area contributed by atoms with E-state index in [0.29, 0.717) is 23.1 Å². The molecule has 0 aromatic heterocycles. The fraction of sp³-hybridized carbons (Fsp3) is 0.200. The van der Waals surface area contributed by atoms with Crippen LogP contribution in [0.3, 0.4) is 0 Å². The molecule has 0 spiro atoms. The van der Waals surface area contributed by atoms with Crippen molar-refractivity contribution in [1.29, 1.82) is 0 Å². The molecular weight excluding hydrogens is 274 g/mol. The molecule has 1 rings (SSSR count). The third-order valence-electron chi connectivity index (χ3n) is 1.76. The van der Waals surface area contributed by atoms with Crippen LogP contribution in [-0.2, 0) is 4.79 Å². The van der Waals surface area contributed by atoms with Crippen molar-refractivity contribution >= 4 is 39.2 Å². The number of rotatable bonds is 4. The molecule has 0 bridgehead atoms. The number of primary amides is 1. The van der Waals surface area contributed by atoms with Crippen LogP contribution in [0.15, 0.2) is 24.3 Å². The van der Waals surface area contributed by atoms with Crippen LogP contribution in [0.4, 0.5) is 16.2 Å². The fourth-order valence-corrected chi connectivity index (χ4v) is 1.45. The zero-order chi connectivity index (χ0) is 12.0. The van der Waals surface area contributed by atoms with E-state index >= 15 is 0 Å². The average molecular weight is 286 g/mol. The topological polar surface area (TPSA) is 84.2 Å². The monoisotopic (exact) mass is 285 g/mol. The number of hydrogen-bond acceptors (Lipinski definition) is 2. The number of urea groups is 1. The van der Waals surface area contributed by atoms with Crippen LogP contribution in [-0.4, -0.2) is 17.3 Å². The van der Waals surface area contributed by atoms with Gasteiger partial charge in [-0.15, -0.1) is 0 Å². The second-order valence-corrected chi connectivity index (χ2v) is 3.85. The normalized spacial score (nSPS) is 9.56. The highest BCUT2D eigenvalue weighted by Gasteiger charge is 2.01. The Morgan fingerprint density at radius 2 is 1.62 bits per heavy atom. The molecule has 0 unspecified atom stereocenters. The number of alkyl halides is 1. The lowest BCUT2D eigenvalue weighted by Crippen LogP contribution is -2.19. The summed E-state index contributed by atoms with van der Waals surface area (Å²) in [7, 11) is 0. The van der Waals surface area contributed by atoms with Crippen LogP contribution in [0.5, 0.6) is 0 Å². The van der Waals surface area contributed by atoms with Crippen molar-refractivity contribution in [3.05, 3.63) is 24.3 Å². The molecule has 1 aromatic carbocycles. The SMILES string of the molecule is NC(=O)Nc1ccc(NC(=O)CCBr)cc1. The highest BCUT2D eigenvalue weighted by atomic mass is 79.9. The number of nitrogens with one attached hydrogen (secondary N) is 2. The van der Waals surface area contributed by atoms with Gasteiger partial charge in [-0.25, -0.2) is 4.79 Å². The van der Waals surface area contributed by atoms with Gasteiger partial charge in [-0.05, 0) is 24.3 Å². The molecule has 0 radical (unpaired) electrons. The van der Waals surface area contributed by atoms with Gasteiger partial charge in [0, 0.05) is 23.1 Å². The molecule has 0 aliphatic carbocycles. The van der Waals surface area contributed by atoms with Gasteiger partial charge < -0.3 is 16.4 Å². The number of carbonyl (C=O) groups is 2. The number of halogens is 1. The summed E-state index contributed by atoms with van der Waals surface area (Å²) in [6, 6.07) is 6.09. The van der Waals surface area contributed by atoms with Gasteiger partial charge in [-0.2, -0.15) is 0 Å². The number of amides is 3. The summed E-state index contributed by atoms with van der Waals surface area (Å²) in [5.74, 6) is -0.0625. The predicted molar refractivity (Wildman–Crippen MR) is 66.7 cm³/mol. The van der Waals surface area contributed by atoms with Gasteiger partial charge in [0.25, 0.3) is 0 Å². The van der Waals surface area contributed by atoms with E-state index in [9.17, 15) is 9.59 Å². The summed E-state index contributed by atoms with van der Waals surface area (Å²) in [4.78, 5) is 21.8. The molecule has 6 heteroatoms. The molecule has 0 fully saturated rings. The van der Waals surface area contributed by atoms with Crippen molar-refractivity contribution in [3.63, 3.8) is 0 Å². The van der Waals surface area contributed by atoms with Crippen molar-refractivity contribution in [2.45, 2.75) is 6.42 Å². The maximum atomic E-state index is 11.2. The van der Waals surface area contributed by atoms with Crippen LogP contribution in [0, 0.1) is 0 Å². The Balaban J connectivity index is 2.57. The third kappa shape index (κ3) is 4.31. The fourth-order valence-electron chi connectivity index (χ4n) is 1.09. The van der Waals surface area contributed by atoms with Gasteiger partial charge >= 0.3 is 6.03 Å². The molecule has 86 valence electrons. The number of carbonyl (C=O) groups excluding carboxylic acids is 2. The van der Waals surface area contributed by atoms with Gasteiger partial charge in [-0.3, -0.25) is 4.79 Å². The lowest BCUT2D eigenvalue weighted by atomic mass is 10.2. The Morgan fingerprint density at radius 3 is 2.06 bits per heavy atom. The molecule has 0 atom stereocenters. The van der Waals surface area contributed by atoms with E-state index in [-0.39, 0.29) is 5.91 Å². The minimum absolute atomic E-state index is 0.0625. The molecule has 0 aliphatic rings. The first-order valence-electron chi connectivity index (χ1n) is 4.64. The molecule has 5 nitrogen and oxygen atoms in total. The Labute approximate surface area is 102 Å². The molecule has 0 saturated carbocycles. The van der Waals surface area contributed by atoms with Crippen molar-refractivity contribution in [2.75, 3.05) is 16.0 Å². The number of nitrogens with two attached hydrogens (primary N) is 1. The van der Waals surface area contributed by atoms with Crippen molar-refractivity contribution in [3.8, 4) is 0 Å². The lowest BCUT2D eigenvalue weighted by molar-refractivity contribution is -0.115. The Bertz CT molecular complexity index is 378. The molecule has 0 saturated heterocycles. The molecule has 16 heavy (non-hydrogen) atoms. The van der Waals surface area contributed by atoms with Crippen LogP contribution in [0.25, 0.3) is 0 Å². The summed E-state index contributed by atoms with van der Waals surface area (Å²) >= 11 is 3.18. The van der Waals surface area contributed by atoms with Crippen LogP contribution in [0.2, 0.25) is 0 Å². The highest BCUT2D eigenvalue weighted by Crippen LogP contribution is 2.13. The average Bonchev–Trinajstić information content (AvgIpc) is 2.20. The van der Waals surface area contributed by atoms with Gasteiger partial charge in [-0.1, -0.05) is 15.9 Å². The van der Waals surface area contributed by atoms with E-state index in [1.807, 2.05) is 0 Å². The van der Waals surface area contributed by atoms with E-state index in [1.165, 1.54) is 0 Å². The summed E-state index contributed by atoms with van der Waals surface area (Å²) < 4.78 is 0.